The van der Waals surface area contributed by atoms with Gasteiger partial charge < -0.3 is 15.1 Å². The van der Waals surface area contributed by atoms with Crippen LogP contribution in [0.5, 0.6) is 0 Å². The standard InChI is InChI=1S/C17H25N3O/c1-6-18-16(20-17(3,4)5)19-11-15-12(2)13-9-7-8-10-14(13)21-15/h7-10H,6,11H2,1-5H3,(H2,18,19,20). The molecule has 4 heteroatoms. The van der Waals surface area contributed by atoms with Crippen molar-refractivity contribution in [1.82, 2.24) is 10.6 Å². The Morgan fingerprint density at radius 1 is 1.24 bits per heavy atom. The van der Waals surface area contributed by atoms with Gasteiger partial charge in [-0.2, -0.15) is 0 Å². The van der Waals surface area contributed by atoms with E-state index >= 15 is 0 Å². The van der Waals surface area contributed by atoms with Crippen LogP contribution >= 0.6 is 0 Å². The van der Waals surface area contributed by atoms with Crippen LogP contribution in [0.2, 0.25) is 0 Å². The van der Waals surface area contributed by atoms with Crippen molar-refractivity contribution >= 4 is 16.9 Å². The molecule has 2 N–H and O–H groups in total. The first kappa shape index (κ1) is 15.4. The van der Waals surface area contributed by atoms with Crippen molar-refractivity contribution in [2.45, 2.75) is 46.7 Å². The largest absolute Gasteiger partial charge is 0.459 e. The first-order valence-electron chi connectivity index (χ1n) is 7.44. The monoisotopic (exact) mass is 287 g/mol. The number of hydrogen-bond donors (Lipinski definition) is 2. The average molecular weight is 287 g/mol. The molecule has 1 aromatic carbocycles. The summed E-state index contributed by atoms with van der Waals surface area (Å²) in [7, 11) is 0. The van der Waals surface area contributed by atoms with Crippen molar-refractivity contribution < 1.29 is 4.42 Å². The van der Waals surface area contributed by atoms with E-state index in [-0.39, 0.29) is 5.54 Å². The number of hydrogen-bond acceptors (Lipinski definition) is 2. The van der Waals surface area contributed by atoms with Gasteiger partial charge >= 0.3 is 0 Å². The van der Waals surface area contributed by atoms with Gasteiger partial charge in [-0.1, -0.05) is 18.2 Å². The number of benzene rings is 1. The second-order valence-electron chi connectivity index (χ2n) is 6.22. The van der Waals surface area contributed by atoms with Gasteiger partial charge in [0.1, 0.15) is 17.9 Å². The van der Waals surface area contributed by atoms with Gasteiger partial charge in [0.15, 0.2) is 5.96 Å². The van der Waals surface area contributed by atoms with Crippen LogP contribution in [0.3, 0.4) is 0 Å². The number of rotatable bonds is 3. The molecule has 0 saturated carbocycles. The number of guanidine groups is 1. The Kier molecular flexibility index (Phi) is 4.56. The number of nitrogens with one attached hydrogen (secondary N) is 2. The molecule has 0 fully saturated rings. The summed E-state index contributed by atoms with van der Waals surface area (Å²) in [6, 6.07) is 8.10. The molecular weight excluding hydrogens is 262 g/mol. The lowest BCUT2D eigenvalue weighted by molar-refractivity contribution is 0.498. The summed E-state index contributed by atoms with van der Waals surface area (Å²) in [6.07, 6.45) is 0. The Morgan fingerprint density at radius 3 is 2.57 bits per heavy atom. The molecule has 0 unspecified atom stereocenters. The zero-order valence-corrected chi connectivity index (χ0v) is 13.6. The fourth-order valence-corrected chi connectivity index (χ4v) is 2.19. The van der Waals surface area contributed by atoms with Gasteiger partial charge in [0, 0.05) is 23.0 Å². The summed E-state index contributed by atoms with van der Waals surface area (Å²) in [5.41, 5.74) is 2.07. The van der Waals surface area contributed by atoms with E-state index in [0.29, 0.717) is 6.54 Å². The summed E-state index contributed by atoms with van der Waals surface area (Å²) >= 11 is 0. The Bertz CT molecular complexity index is 635. The lowest BCUT2D eigenvalue weighted by Crippen LogP contribution is -2.47. The highest BCUT2D eigenvalue weighted by molar-refractivity contribution is 5.82. The summed E-state index contributed by atoms with van der Waals surface area (Å²) in [5.74, 6) is 1.73. The smallest absolute Gasteiger partial charge is 0.192 e. The van der Waals surface area contributed by atoms with E-state index < -0.39 is 0 Å². The molecule has 114 valence electrons. The molecular formula is C17H25N3O. The normalized spacial score (nSPS) is 12.7. The fraction of sp³-hybridized carbons (Fsp3) is 0.471. The SMILES string of the molecule is CCNC(=NCc1oc2ccccc2c1C)NC(C)(C)C. The number of aryl methyl sites for hydroxylation is 1. The molecule has 0 aliphatic heterocycles. The van der Waals surface area contributed by atoms with Crippen LogP contribution < -0.4 is 10.6 Å². The van der Waals surface area contributed by atoms with E-state index in [1.54, 1.807) is 0 Å². The van der Waals surface area contributed by atoms with Gasteiger partial charge in [-0.25, -0.2) is 4.99 Å². The Labute approximate surface area is 126 Å². The van der Waals surface area contributed by atoms with Crippen molar-refractivity contribution in [3.8, 4) is 0 Å². The third-order valence-electron chi connectivity index (χ3n) is 3.16. The molecule has 0 atom stereocenters. The van der Waals surface area contributed by atoms with Gasteiger partial charge in [0.2, 0.25) is 0 Å². The second kappa shape index (κ2) is 6.20. The quantitative estimate of drug-likeness (QED) is 0.670. The van der Waals surface area contributed by atoms with E-state index in [1.165, 1.54) is 5.56 Å². The van der Waals surface area contributed by atoms with Crippen LogP contribution in [-0.2, 0) is 6.54 Å². The maximum atomic E-state index is 5.89. The van der Waals surface area contributed by atoms with Gasteiger partial charge in [-0.3, -0.25) is 0 Å². The van der Waals surface area contributed by atoms with Crippen LogP contribution in [0.15, 0.2) is 33.7 Å². The Hall–Kier alpha value is -1.97. The number of furan rings is 1. The van der Waals surface area contributed by atoms with Gasteiger partial charge in [-0.15, -0.1) is 0 Å². The summed E-state index contributed by atoms with van der Waals surface area (Å²) in [5, 5.41) is 7.80. The van der Waals surface area contributed by atoms with E-state index in [9.17, 15) is 0 Å². The zero-order valence-electron chi connectivity index (χ0n) is 13.6. The van der Waals surface area contributed by atoms with Crippen molar-refractivity contribution in [1.29, 1.82) is 0 Å². The Balaban J connectivity index is 2.21. The molecule has 1 aromatic heterocycles. The Morgan fingerprint density at radius 2 is 1.95 bits per heavy atom. The topological polar surface area (TPSA) is 49.6 Å². The molecule has 0 spiro atoms. The maximum Gasteiger partial charge on any atom is 0.192 e. The number of nitrogens with zero attached hydrogens (tertiary/aromatic N) is 1. The van der Waals surface area contributed by atoms with Gasteiger partial charge in [-0.05, 0) is 40.7 Å². The number of para-hydroxylation sites is 1. The highest BCUT2D eigenvalue weighted by atomic mass is 16.3. The van der Waals surface area contributed by atoms with Crippen molar-refractivity contribution in [2.24, 2.45) is 4.99 Å². The van der Waals surface area contributed by atoms with Crippen molar-refractivity contribution in [2.75, 3.05) is 6.54 Å². The van der Waals surface area contributed by atoms with E-state index in [2.05, 4.69) is 56.3 Å². The van der Waals surface area contributed by atoms with Crippen LogP contribution in [0.25, 0.3) is 11.0 Å². The predicted molar refractivity (Wildman–Crippen MR) is 88.7 cm³/mol. The van der Waals surface area contributed by atoms with Gasteiger partial charge in [0.05, 0.1) is 0 Å². The first-order valence-corrected chi connectivity index (χ1v) is 7.44. The lowest BCUT2D eigenvalue weighted by Gasteiger charge is -2.23. The molecule has 0 bridgehead atoms. The van der Waals surface area contributed by atoms with E-state index in [4.69, 9.17) is 4.42 Å². The lowest BCUT2D eigenvalue weighted by atomic mass is 10.1. The van der Waals surface area contributed by atoms with Crippen LogP contribution in [-0.4, -0.2) is 18.0 Å². The van der Waals surface area contributed by atoms with Crippen molar-refractivity contribution in [3.05, 3.63) is 35.6 Å². The van der Waals surface area contributed by atoms with Gasteiger partial charge in [0.25, 0.3) is 0 Å². The molecule has 0 amide bonds. The third kappa shape index (κ3) is 4.00. The average Bonchev–Trinajstić information content (AvgIpc) is 2.72. The molecule has 0 radical (unpaired) electrons. The summed E-state index contributed by atoms with van der Waals surface area (Å²) in [6.45, 7) is 11.9. The number of aliphatic imine (C=N–C) groups is 1. The highest BCUT2D eigenvalue weighted by Crippen LogP contribution is 2.25. The molecule has 0 saturated heterocycles. The minimum Gasteiger partial charge on any atom is -0.459 e. The highest BCUT2D eigenvalue weighted by Gasteiger charge is 2.13. The van der Waals surface area contributed by atoms with Crippen molar-refractivity contribution in [3.63, 3.8) is 0 Å². The minimum absolute atomic E-state index is 0.0239. The molecule has 0 aliphatic carbocycles. The molecule has 1 heterocycles. The third-order valence-corrected chi connectivity index (χ3v) is 3.16. The second-order valence-corrected chi connectivity index (χ2v) is 6.22. The molecule has 4 nitrogen and oxygen atoms in total. The molecule has 0 aliphatic rings. The van der Waals surface area contributed by atoms with E-state index in [0.717, 1.165) is 29.2 Å². The van der Waals surface area contributed by atoms with Crippen LogP contribution in [0.1, 0.15) is 39.0 Å². The first-order chi connectivity index (χ1) is 9.90. The zero-order chi connectivity index (χ0) is 15.5. The summed E-state index contributed by atoms with van der Waals surface area (Å²) < 4.78 is 5.89. The molecule has 21 heavy (non-hydrogen) atoms. The van der Waals surface area contributed by atoms with Crippen LogP contribution in [0, 0.1) is 6.92 Å². The summed E-state index contributed by atoms with van der Waals surface area (Å²) in [4.78, 5) is 4.63. The fourth-order valence-electron chi connectivity index (χ4n) is 2.19. The molecule has 2 rings (SSSR count). The van der Waals surface area contributed by atoms with Crippen LogP contribution in [0.4, 0.5) is 0 Å². The number of fused-ring (bicyclic) bond motifs is 1. The van der Waals surface area contributed by atoms with E-state index in [1.807, 2.05) is 18.2 Å². The minimum atomic E-state index is -0.0239. The maximum absolute atomic E-state index is 5.89. The predicted octanol–water partition coefficient (Wildman–Crippen LogP) is 3.59. The molecule has 2 aromatic rings.